The van der Waals surface area contributed by atoms with Crippen LogP contribution in [0.5, 0.6) is 0 Å². The van der Waals surface area contributed by atoms with Crippen molar-refractivity contribution in [2.75, 3.05) is 7.11 Å². The Morgan fingerprint density at radius 2 is 1.50 bits per heavy atom. The van der Waals surface area contributed by atoms with E-state index in [-0.39, 0.29) is 5.97 Å². The SMILES string of the molecule is COC(=O)c1ccc(-c2ccc(-c3cn[nH]c3C)cc2)cc1. The molecule has 0 fully saturated rings. The molecule has 22 heavy (non-hydrogen) atoms. The molecule has 0 amide bonds. The van der Waals surface area contributed by atoms with Crippen molar-refractivity contribution < 1.29 is 9.53 Å². The van der Waals surface area contributed by atoms with E-state index >= 15 is 0 Å². The smallest absolute Gasteiger partial charge is 0.337 e. The molecule has 1 aromatic heterocycles. The summed E-state index contributed by atoms with van der Waals surface area (Å²) in [6.07, 6.45) is 1.83. The molecule has 3 rings (SSSR count). The molecule has 0 aliphatic carbocycles. The van der Waals surface area contributed by atoms with Crippen molar-refractivity contribution >= 4 is 5.97 Å². The molecule has 3 aromatic rings. The molecular formula is C18H16N2O2. The van der Waals surface area contributed by atoms with Crippen LogP contribution in [-0.4, -0.2) is 23.3 Å². The second kappa shape index (κ2) is 5.85. The Morgan fingerprint density at radius 3 is 2.00 bits per heavy atom. The monoisotopic (exact) mass is 292 g/mol. The highest BCUT2D eigenvalue weighted by molar-refractivity contribution is 5.90. The zero-order valence-corrected chi connectivity index (χ0v) is 12.5. The summed E-state index contributed by atoms with van der Waals surface area (Å²) in [6.45, 7) is 2.00. The number of benzene rings is 2. The summed E-state index contributed by atoms with van der Waals surface area (Å²) in [4.78, 5) is 11.4. The highest BCUT2D eigenvalue weighted by Crippen LogP contribution is 2.26. The highest BCUT2D eigenvalue weighted by atomic mass is 16.5. The van der Waals surface area contributed by atoms with Crippen LogP contribution in [0.25, 0.3) is 22.3 Å². The van der Waals surface area contributed by atoms with E-state index in [9.17, 15) is 4.79 Å². The van der Waals surface area contributed by atoms with Crippen molar-refractivity contribution in [3.05, 3.63) is 66.0 Å². The van der Waals surface area contributed by atoms with Gasteiger partial charge in [-0.15, -0.1) is 0 Å². The van der Waals surface area contributed by atoms with Crippen LogP contribution in [0.1, 0.15) is 16.1 Å². The first kappa shape index (κ1) is 14.1. The number of hydrogen-bond acceptors (Lipinski definition) is 3. The second-order valence-electron chi connectivity index (χ2n) is 5.05. The summed E-state index contributed by atoms with van der Waals surface area (Å²) in [5, 5.41) is 6.99. The zero-order chi connectivity index (χ0) is 15.5. The Hall–Kier alpha value is -2.88. The number of carbonyl (C=O) groups excluding carboxylic acids is 1. The van der Waals surface area contributed by atoms with E-state index < -0.39 is 0 Å². The molecule has 0 bridgehead atoms. The normalized spacial score (nSPS) is 10.5. The fourth-order valence-electron chi connectivity index (χ4n) is 2.40. The Bertz CT molecular complexity index is 787. The minimum absolute atomic E-state index is 0.322. The number of esters is 1. The number of ether oxygens (including phenoxy) is 1. The van der Waals surface area contributed by atoms with Crippen LogP contribution in [0.2, 0.25) is 0 Å². The zero-order valence-electron chi connectivity index (χ0n) is 12.5. The standard InChI is InChI=1S/C18H16N2O2/c1-12-17(11-19-20-12)15-7-3-13(4-8-15)14-5-9-16(10-6-14)18(21)22-2/h3-11H,1-2H3,(H,19,20). The van der Waals surface area contributed by atoms with Crippen molar-refractivity contribution in [1.29, 1.82) is 0 Å². The lowest BCUT2D eigenvalue weighted by Crippen LogP contribution is -2.00. The molecule has 0 aliphatic heterocycles. The van der Waals surface area contributed by atoms with Crippen molar-refractivity contribution in [1.82, 2.24) is 10.2 Å². The largest absolute Gasteiger partial charge is 0.465 e. The van der Waals surface area contributed by atoms with Gasteiger partial charge in [0.05, 0.1) is 18.9 Å². The summed E-state index contributed by atoms with van der Waals surface area (Å²) < 4.78 is 4.70. The van der Waals surface area contributed by atoms with Crippen LogP contribution in [0.3, 0.4) is 0 Å². The topological polar surface area (TPSA) is 55.0 Å². The number of nitrogens with zero attached hydrogens (tertiary/aromatic N) is 1. The maximum absolute atomic E-state index is 11.4. The first-order chi connectivity index (χ1) is 10.7. The van der Waals surface area contributed by atoms with Crippen molar-refractivity contribution in [3.8, 4) is 22.3 Å². The van der Waals surface area contributed by atoms with Gasteiger partial charge in [-0.3, -0.25) is 5.10 Å². The Labute approximate surface area is 128 Å². The lowest BCUT2D eigenvalue weighted by Gasteiger charge is -2.05. The Balaban J connectivity index is 1.87. The van der Waals surface area contributed by atoms with Gasteiger partial charge in [0.15, 0.2) is 0 Å². The van der Waals surface area contributed by atoms with Crippen LogP contribution < -0.4 is 0 Å². The third-order valence-electron chi connectivity index (χ3n) is 3.67. The molecule has 0 radical (unpaired) electrons. The number of H-pyrrole nitrogens is 1. The van der Waals surface area contributed by atoms with Gasteiger partial charge in [0.1, 0.15) is 0 Å². The van der Waals surface area contributed by atoms with Crippen molar-refractivity contribution in [2.24, 2.45) is 0 Å². The molecule has 0 saturated heterocycles. The van der Waals surface area contributed by atoms with E-state index in [2.05, 4.69) is 34.5 Å². The van der Waals surface area contributed by atoms with E-state index in [1.807, 2.05) is 25.3 Å². The van der Waals surface area contributed by atoms with Gasteiger partial charge in [-0.1, -0.05) is 36.4 Å². The first-order valence-electron chi connectivity index (χ1n) is 6.98. The third kappa shape index (κ3) is 2.63. The number of hydrogen-bond donors (Lipinski definition) is 1. The highest BCUT2D eigenvalue weighted by Gasteiger charge is 2.07. The molecule has 0 aliphatic rings. The van der Waals surface area contributed by atoms with E-state index in [0.29, 0.717) is 5.56 Å². The van der Waals surface area contributed by atoms with Crippen LogP contribution in [0.4, 0.5) is 0 Å². The van der Waals surface area contributed by atoms with E-state index in [4.69, 9.17) is 4.74 Å². The number of carbonyl (C=O) groups is 1. The van der Waals surface area contributed by atoms with E-state index in [0.717, 1.165) is 27.9 Å². The number of rotatable bonds is 3. The van der Waals surface area contributed by atoms with Gasteiger partial charge < -0.3 is 4.74 Å². The molecule has 0 saturated carbocycles. The van der Waals surface area contributed by atoms with Crippen LogP contribution in [0.15, 0.2) is 54.7 Å². The molecular weight excluding hydrogens is 276 g/mol. The van der Waals surface area contributed by atoms with Crippen molar-refractivity contribution in [2.45, 2.75) is 6.92 Å². The van der Waals surface area contributed by atoms with Crippen LogP contribution in [-0.2, 0) is 4.74 Å². The van der Waals surface area contributed by atoms with Gasteiger partial charge >= 0.3 is 5.97 Å². The molecule has 0 spiro atoms. The summed E-state index contributed by atoms with van der Waals surface area (Å²) in [5.41, 5.74) is 5.99. The average molecular weight is 292 g/mol. The molecule has 4 nitrogen and oxygen atoms in total. The van der Waals surface area contributed by atoms with Crippen LogP contribution in [0, 0.1) is 6.92 Å². The third-order valence-corrected chi connectivity index (χ3v) is 3.67. The first-order valence-corrected chi connectivity index (χ1v) is 6.98. The lowest BCUT2D eigenvalue weighted by molar-refractivity contribution is 0.0601. The minimum Gasteiger partial charge on any atom is -0.465 e. The maximum atomic E-state index is 11.4. The van der Waals surface area contributed by atoms with Gasteiger partial charge in [-0.25, -0.2) is 4.79 Å². The number of aromatic amines is 1. The second-order valence-corrected chi connectivity index (χ2v) is 5.05. The molecule has 1 heterocycles. The molecule has 4 heteroatoms. The van der Waals surface area contributed by atoms with E-state index in [1.165, 1.54) is 7.11 Å². The molecule has 0 unspecified atom stereocenters. The quantitative estimate of drug-likeness (QED) is 0.746. The summed E-state index contributed by atoms with van der Waals surface area (Å²) in [7, 11) is 1.38. The molecule has 0 atom stereocenters. The minimum atomic E-state index is -0.322. The predicted molar refractivity (Wildman–Crippen MR) is 85.5 cm³/mol. The molecule has 110 valence electrons. The van der Waals surface area contributed by atoms with Gasteiger partial charge in [0.25, 0.3) is 0 Å². The number of aryl methyl sites for hydroxylation is 1. The fraction of sp³-hybridized carbons (Fsp3) is 0.111. The van der Waals surface area contributed by atoms with Gasteiger partial charge in [0, 0.05) is 11.3 Å². The fourth-order valence-corrected chi connectivity index (χ4v) is 2.40. The average Bonchev–Trinajstić information content (AvgIpc) is 3.00. The summed E-state index contributed by atoms with van der Waals surface area (Å²) >= 11 is 0. The Kier molecular flexibility index (Phi) is 3.74. The number of aromatic nitrogens is 2. The molecule has 2 aromatic carbocycles. The lowest BCUT2D eigenvalue weighted by atomic mass is 10.00. The summed E-state index contributed by atoms with van der Waals surface area (Å²) in [5.74, 6) is -0.322. The molecule has 1 N–H and O–H groups in total. The van der Waals surface area contributed by atoms with E-state index in [1.54, 1.807) is 12.1 Å². The van der Waals surface area contributed by atoms with Gasteiger partial charge in [-0.2, -0.15) is 5.10 Å². The van der Waals surface area contributed by atoms with Gasteiger partial charge in [-0.05, 0) is 35.7 Å². The van der Waals surface area contributed by atoms with Crippen LogP contribution >= 0.6 is 0 Å². The predicted octanol–water partition coefficient (Wildman–Crippen LogP) is 3.84. The summed E-state index contributed by atoms with van der Waals surface area (Å²) in [6, 6.07) is 15.7. The number of nitrogens with one attached hydrogen (secondary N) is 1. The maximum Gasteiger partial charge on any atom is 0.337 e. The van der Waals surface area contributed by atoms with Gasteiger partial charge in [0.2, 0.25) is 0 Å². The number of methoxy groups -OCH3 is 1. The van der Waals surface area contributed by atoms with Crippen molar-refractivity contribution in [3.63, 3.8) is 0 Å². The Morgan fingerprint density at radius 1 is 0.955 bits per heavy atom.